The first-order chi connectivity index (χ1) is 32.0. The SMILES string of the molecule is CC/C=C\C/C=C\C/C=C\C/C=C\C/C=C\C/C=C\C/C=C\CCCCCCCCCC(=O)OCC(COC(=O)CCCCCCCCCC)OC(=O)CCCCCCCCCCCC. The second-order valence-electron chi connectivity index (χ2n) is 17.8. The lowest BCUT2D eigenvalue weighted by Gasteiger charge is -2.18. The minimum atomic E-state index is -0.774. The second-order valence-corrected chi connectivity index (χ2v) is 17.8. The lowest BCUT2D eigenvalue weighted by molar-refractivity contribution is -0.167. The highest BCUT2D eigenvalue weighted by Gasteiger charge is 2.19. The molecule has 0 saturated carbocycles. The van der Waals surface area contributed by atoms with Crippen molar-refractivity contribution in [3.8, 4) is 0 Å². The molecule has 65 heavy (non-hydrogen) atoms. The van der Waals surface area contributed by atoms with Gasteiger partial charge in [0.25, 0.3) is 0 Å². The Bertz CT molecular complexity index is 1270. The number of unbranched alkanes of at least 4 members (excludes halogenated alkanes) is 23. The number of carbonyl (C=O) groups excluding carboxylic acids is 3. The molecule has 0 fully saturated rings. The van der Waals surface area contributed by atoms with Gasteiger partial charge in [-0.15, -0.1) is 0 Å². The summed E-state index contributed by atoms with van der Waals surface area (Å²) in [6, 6.07) is 0. The first-order valence-electron chi connectivity index (χ1n) is 27.1. The van der Waals surface area contributed by atoms with E-state index in [0.29, 0.717) is 19.3 Å². The third kappa shape index (κ3) is 51.4. The molecule has 0 amide bonds. The highest BCUT2D eigenvalue weighted by atomic mass is 16.6. The number of ether oxygens (including phenoxy) is 3. The number of hydrogen-bond acceptors (Lipinski definition) is 6. The molecule has 0 heterocycles. The highest BCUT2D eigenvalue weighted by Crippen LogP contribution is 2.15. The molecule has 0 aliphatic rings. The molecule has 0 bridgehead atoms. The molecule has 0 aromatic heterocycles. The molecule has 372 valence electrons. The van der Waals surface area contributed by atoms with E-state index >= 15 is 0 Å². The van der Waals surface area contributed by atoms with Gasteiger partial charge < -0.3 is 14.2 Å². The maximum atomic E-state index is 12.7. The minimum Gasteiger partial charge on any atom is -0.462 e. The Balaban J connectivity index is 4.15. The molecule has 0 aliphatic heterocycles. The van der Waals surface area contributed by atoms with Crippen molar-refractivity contribution in [3.05, 3.63) is 85.1 Å². The predicted octanol–water partition coefficient (Wildman–Crippen LogP) is 18.0. The van der Waals surface area contributed by atoms with Crippen LogP contribution in [0.2, 0.25) is 0 Å². The van der Waals surface area contributed by atoms with Crippen molar-refractivity contribution in [1.29, 1.82) is 0 Å². The Morgan fingerprint density at radius 3 is 0.938 bits per heavy atom. The van der Waals surface area contributed by atoms with Gasteiger partial charge in [0.05, 0.1) is 0 Å². The molecule has 0 aromatic carbocycles. The number of carbonyl (C=O) groups is 3. The van der Waals surface area contributed by atoms with Gasteiger partial charge >= 0.3 is 17.9 Å². The molecule has 0 radical (unpaired) electrons. The maximum Gasteiger partial charge on any atom is 0.306 e. The zero-order valence-corrected chi connectivity index (χ0v) is 42.5. The van der Waals surface area contributed by atoms with Crippen LogP contribution >= 0.6 is 0 Å². The van der Waals surface area contributed by atoms with E-state index in [2.05, 4.69) is 106 Å². The zero-order valence-electron chi connectivity index (χ0n) is 42.5. The summed E-state index contributed by atoms with van der Waals surface area (Å²) in [7, 11) is 0. The van der Waals surface area contributed by atoms with Gasteiger partial charge in [-0.2, -0.15) is 0 Å². The lowest BCUT2D eigenvalue weighted by atomic mass is 10.1. The van der Waals surface area contributed by atoms with E-state index in [4.69, 9.17) is 14.2 Å². The Labute approximate surface area is 401 Å². The fourth-order valence-corrected chi connectivity index (χ4v) is 7.36. The highest BCUT2D eigenvalue weighted by molar-refractivity contribution is 5.71. The van der Waals surface area contributed by atoms with Gasteiger partial charge in [-0.3, -0.25) is 14.4 Å². The van der Waals surface area contributed by atoms with Crippen LogP contribution in [0.1, 0.15) is 252 Å². The van der Waals surface area contributed by atoms with Crippen molar-refractivity contribution >= 4 is 17.9 Å². The van der Waals surface area contributed by atoms with Gasteiger partial charge in [-0.25, -0.2) is 0 Å². The largest absolute Gasteiger partial charge is 0.462 e. The average molecular weight is 905 g/mol. The zero-order chi connectivity index (χ0) is 47.2. The Morgan fingerprint density at radius 1 is 0.323 bits per heavy atom. The van der Waals surface area contributed by atoms with Crippen molar-refractivity contribution in [2.45, 2.75) is 258 Å². The van der Waals surface area contributed by atoms with Crippen LogP contribution in [0.3, 0.4) is 0 Å². The van der Waals surface area contributed by atoms with E-state index in [0.717, 1.165) is 109 Å². The first kappa shape index (κ1) is 61.6. The maximum absolute atomic E-state index is 12.7. The van der Waals surface area contributed by atoms with E-state index < -0.39 is 6.10 Å². The van der Waals surface area contributed by atoms with Gasteiger partial charge in [0.15, 0.2) is 6.10 Å². The van der Waals surface area contributed by atoms with Gasteiger partial charge in [0.1, 0.15) is 13.2 Å². The summed E-state index contributed by atoms with van der Waals surface area (Å²) in [4.78, 5) is 37.8. The molecule has 6 heteroatoms. The fourth-order valence-electron chi connectivity index (χ4n) is 7.36. The van der Waals surface area contributed by atoms with Gasteiger partial charge in [0, 0.05) is 19.3 Å². The van der Waals surface area contributed by atoms with E-state index in [1.54, 1.807) is 0 Å². The molecule has 0 aromatic rings. The van der Waals surface area contributed by atoms with Crippen molar-refractivity contribution in [1.82, 2.24) is 0 Å². The van der Waals surface area contributed by atoms with Crippen molar-refractivity contribution in [2.24, 2.45) is 0 Å². The molecule has 1 atom stereocenters. The molecule has 0 N–H and O–H groups in total. The van der Waals surface area contributed by atoms with Gasteiger partial charge in [-0.05, 0) is 77.0 Å². The molecule has 0 saturated heterocycles. The van der Waals surface area contributed by atoms with E-state index in [9.17, 15) is 14.4 Å². The number of hydrogen-bond donors (Lipinski definition) is 0. The Kier molecular flexibility index (Phi) is 50.4. The fraction of sp³-hybridized carbons (Fsp3) is 0.712. The first-order valence-corrected chi connectivity index (χ1v) is 27.1. The van der Waals surface area contributed by atoms with E-state index in [1.807, 2.05) is 0 Å². The summed E-state index contributed by atoms with van der Waals surface area (Å²) in [5.41, 5.74) is 0. The summed E-state index contributed by atoms with van der Waals surface area (Å²) in [5, 5.41) is 0. The summed E-state index contributed by atoms with van der Waals surface area (Å²) < 4.78 is 16.7. The quantitative estimate of drug-likeness (QED) is 0.0262. The average Bonchev–Trinajstić information content (AvgIpc) is 3.30. The molecule has 1 unspecified atom stereocenters. The van der Waals surface area contributed by atoms with Crippen LogP contribution < -0.4 is 0 Å². The normalized spacial score (nSPS) is 12.7. The third-order valence-corrected chi connectivity index (χ3v) is 11.4. The van der Waals surface area contributed by atoms with Crippen LogP contribution in [0.15, 0.2) is 85.1 Å². The smallest absolute Gasteiger partial charge is 0.306 e. The molecule has 0 spiro atoms. The molecule has 0 aliphatic carbocycles. The summed E-state index contributed by atoms with van der Waals surface area (Å²) in [5.74, 6) is -0.894. The van der Waals surface area contributed by atoms with E-state index in [1.165, 1.54) is 103 Å². The monoisotopic (exact) mass is 905 g/mol. The second kappa shape index (κ2) is 53.2. The van der Waals surface area contributed by atoms with Gasteiger partial charge in [0.2, 0.25) is 0 Å². The van der Waals surface area contributed by atoms with Crippen LogP contribution in [-0.4, -0.2) is 37.2 Å². The number of rotatable bonds is 48. The number of esters is 3. The Morgan fingerprint density at radius 2 is 0.600 bits per heavy atom. The van der Waals surface area contributed by atoms with Crippen LogP contribution in [0.5, 0.6) is 0 Å². The standard InChI is InChI=1S/C59H100O6/c1-4-7-10-13-16-19-21-22-23-24-25-26-27-28-29-30-31-32-33-34-35-36-37-38-39-41-43-46-49-52-58(61)64-55-56(54-63-57(60)51-48-45-42-18-15-12-9-6-3)65-59(62)53-50-47-44-40-20-17-14-11-8-5-2/h7,10,16,19,22-23,25-26,28-29,31-32,34-35,56H,4-6,8-9,11-15,17-18,20-21,24,27,30,33,36-55H2,1-3H3/b10-7-,19-16-,23-22-,26-25-,29-28-,32-31-,35-34-. The summed E-state index contributed by atoms with van der Waals surface area (Å²) in [6.07, 6.45) is 68.8. The lowest BCUT2D eigenvalue weighted by Crippen LogP contribution is -2.30. The minimum absolute atomic E-state index is 0.0772. The topological polar surface area (TPSA) is 78.9 Å². The van der Waals surface area contributed by atoms with Crippen molar-refractivity contribution in [2.75, 3.05) is 13.2 Å². The van der Waals surface area contributed by atoms with Crippen LogP contribution in [0, 0.1) is 0 Å². The predicted molar refractivity (Wildman–Crippen MR) is 279 cm³/mol. The van der Waals surface area contributed by atoms with Gasteiger partial charge in [-0.1, -0.05) is 241 Å². The Hall–Kier alpha value is -3.41. The molecular formula is C59H100O6. The number of allylic oxidation sites excluding steroid dienone is 14. The molecule has 6 nitrogen and oxygen atoms in total. The van der Waals surface area contributed by atoms with Crippen molar-refractivity contribution < 1.29 is 28.6 Å². The van der Waals surface area contributed by atoms with Crippen LogP contribution in [0.25, 0.3) is 0 Å². The third-order valence-electron chi connectivity index (χ3n) is 11.4. The molecular weight excluding hydrogens is 805 g/mol. The van der Waals surface area contributed by atoms with Crippen LogP contribution in [0.4, 0.5) is 0 Å². The van der Waals surface area contributed by atoms with E-state index in [-0.39, 0.29) is 31.1 Å². The molecule has 0 rings (SSSR count). The van der Waals surface area contributed by atoms with Crippen molar-refractivity contribution in [3.63, 3.8) is 0 Å². The van der Waals surface area contributed by atoms with Crippen LogP contribution in [-0.2, 0) is 28.6 Å². The summed E-state index contributed by atoms with van der Waals surface area (Å²) in [6.45, 7) is 6.47. The summed E-state index contributed by atoms with van der Waals surface area (Å²) >= 11 is 0.